The van der Waals surface area contributed by atoms with Gasteiger partial charge in [0.15, 0.2) is 11.5 Å². The number of nitrogens with zero attached hydrogens (tertiary/aromatic N) is 1. The Labute approximate surface area is 166 Å². The number of carbonyl (C=O) groups excluding carboxylic acids is 1. The molecule has 0 radical (unpaired) electrons. The average molecular weight is 413 g/mol. The summed E-state index contributed by atoms with van der Waals surface area (Å²) in [6.45, 7) is 4.04. The van der Waals surface area contributed by atoms with E-state index in [1.54, 1.807) is 0 Å². The molecule has 9 heteroatoms. The van der Waals surface area contributed by atoms with Crippen LogP contribution in [0, 0.1) is 17.8 Å². The van der Waals surface area contributed by atoms with Crippen LogP contribution >= 0.6 is 0 Å². The van der Waals surface area contributed by atoms with Crippen LogP contribution in [0.5, 0.6) is 17.2 Å². The molecular weight excluding hydrogens is 391 g/mol. The van der Waals surface area contributed by atoms with Gasteiger partial charge in [0.1, 0.15) is 17.1 Å². The van der Waals surface area contributed by atoms with E-state index >= 15 is 0 Å². The summed E-state index contributed by atoms with van der Waals surface area (Å²) >= 11 is 0. The van der Waals surface area contributed by atoms with Gasteiger partial charge in [0.25, 0.3) is 0 Å². The highest BCUT2D eigenvalue weighted by molar-refractivity contribution is 6.10. The largest absolute Gasteiger partial charge is 0.573 e. The number of carbonyl (C=O) groups is 1. The Morgan fingerprint density at radius 1 is 1.17 bits per heavy atom. The standard InChI is InChI=1S/C20H22F3NO5/c1-10-7-13(10)17-11(2)18(14(9-24-17)19(25)27-4)28-15-6-5-12(8-16(15)26-3)29-20(21,22)23/h5-6,8-11,13,17H,7H2,1-4H3/t10-,11?,13?,17+/m1/s1. The molecule has 1 saturated carbocycles. The van der Waals surface area contributed by atoms with Crippen molar-refractivity contribution in [1.29, 1.82) is 0 Å². The third-order valence-electron chi connectivity index (χ3n) is 5.17. The van der Waals surface area contributed by atoms with E-state index in [-0.39, 0.29) is 29.0 Å². The van der Waals surface area contributed by atoms with Crippen molar-refractivity contribution in [3.8, 4) is 17.2 Å². The van der Waals surface area contributed by atoms with Gasteiger partial charge in [0.2, 0.25) is 0 Å². The number of alkyl halides is 3. The molecule has 0 bridgehead atoms. The number of hydrogen-bond acceptors (Lipinski definition) is 6. The van der Waals surface area contributed by atoms with Crippen molar-refractivity contribution >= 4 is 12.2 Å². The topological polar surface area (TPSA) is 66.4 Å². The molecule has 0 spiro atoms. The SMILES string of the molecule is COC(=O)C1=C(Oc2ccc(OC(F)(F)F)cc2OC)C(C)[C@@H](C2C[C@H]2C)N=C1. The molecule has 1 aromatic carbocycles. The van der Waals surface area contributed by atoms with Gasteiger partial charge < -0.3 is 18.9 Å². The van der Waals surface area contributed by atoms with E-state index in [4.69, 9.17) is 14.2 Å². The van der Waals surface area contributed by atoms with Crippen LogP contribution in [0.1, 0.15) is 20.3 Å². The Morgan fingerprint density at radius 2 is 1.86 bits per heavy atom. The number of hydrogen-bond donors (Lipinski definition) is 0. The van der Waals surface area contributed by atoms with Gasteiger partial charge in [-0.2, -0.15) is 0 Å². The number of esters is 1. The lowest BCUT2D eigenvalue weighted by atomic mass is 9.90. The maximum Gasteiger partial charge on any atom is 0.573 e. The molecule has 4 atom stereocenters. The Hall–Kier alpha value is -2.71. The second kappa shape index (κ2) is 7.96. The summed E-state index contributed by atoms with van der Waals surface area (Å²) in [5.74, 6) is 0.203. The van der Waals surface area contributed by atoms with Crippen molar-refractivity contribution in [2.24, 2.45) is 22.7 Å². The van der Waals surface area contributed by atoms with Gasteiger partial charge in [0, 0.05) is 18.2 Å². The van der Waals surface area contributed by atoms with E-state index in [1.807, 2.05) is 6.92 Å². The number of ether oxygens (including phenoxy) is 4. The van der Waals surface area contributed by atoms with Crippen molar-refractivity contribution in [1.82, 2.24) is 0 Å². The molecule has 2 aliphatic rings. The minimum absolute atomic E-state index is 0.0366. The lowest BCUT2D eigenvalue weighted by molar-refractivity contribution is -0.274. The highest BCUT2D eigenvalue weighted by Crippen LogP contribution is 2.47. The fourth-order valence-corrected chi connectivity index (χ4v) is 3.52. The van der Waals surface area contributed by atoms with Crippen molar-refractivity contribution in [2.45, 2.75) is 32.7 Å². The molecule has 1 aromatic rings. The van der Waals surface area contributed by atoms with Crippen molar-refractivity contribution in [2.75, 3.05) is 14.2 Å². The number of benzene rings is 1. The van der Waals surface area contributed by atoms with Gasteiger partial charge in [-0.3, -0.25) is 4.99 Å². The summed E-state index contributed by atoms with van der Waals surface area (Å²) < 4.78 is 57.3. The predicted octanol–water partition coefficient (Wildman–Crippen LogP) is 4.14. The lowest BCUT2D eigenvalue weighted by Crippen LogP contribution is -2.31. The van der Waals surface area contributed by atoms with Crippen LogP contribution in [0.25, 0.3) is 0 Å². The van der Waals surface area contributed by atoms with E-state index in [2.05, 4.69) is 16.7 Å². The minimum atomic E-state index is -4.82. The summed E-state index contributed by atoms with van der Waals surface area (Å²) in [6.07, 6.45) is -2.33. The molecule has 1 aliphatic carbocycles. The Kier molecular flexibility index (Phi) is 5.77. The molecule has 0 N–H and O–H groups in total. The smallest absolute Gasteiger partial charge is 0.493 e. The quantitative estimate of drug-likeness (QED) is 0.656. The van der Waals surface area contributed by atoms with Crippen molar-refractivity contribution < 1.29 is 36.9 Å². The van der Waals surface area contributed by atoms with E-state index < -0.39 is 18.1 Å². The molecule has 0 aromatic heterocycles. The maximum atomic E-state index is 12.5. The number of dihydropyridines is 1. The van der Waals surface area contributed by atoms with E-state index in [0.29, 0.717) is 17.6 Å². The van der Waals surface area contributed by atoms with E-state index in [9.17, 15) is 18.0 Å². The van der Waals surface area contributed by atoms with Crippen LogP contribution < -0.4 is 14.2 Å². The zero-order chi connectivity index (χ0) is 21.3. The Bertz CT molecular complexity index is 849. The number of halogens is 3. The first-order chi connectivity index (χ1) is 13.6. The van der Waals surface area contributed by atoms with Crippen LogP contribution in [-0.4, -0.2) is 38.8 Å². The van der Waals surface area contributed by atoms with Gasteiger partial charge in [-0.1, -0.05) is 13.8 Å². The van der Waals surface area contributed by atoms with Gasteiger partial charge in [-0.05, 0) is 30.4 Å². The first-order valence-corrected chi connectivity index (χ1v) is 9.12. The Balaban J connectivity index is 1.93. The summed E-state index contributed by atoms with van der Waals surface area (Å²) in [6, 6.07) is 3.44. The third kappa shape index (κ3) is 4.65. The normalized spacial score (nSPS) is 26.2. The highest BCUT2D eigenvalue weighted by atomic mass is 19.4. The third-order valence-corrected chi connectivity index (χ3v) is 5.17. The lowest BCUT2D eigenvalue weighted by Gasteiger charge is -2.28. The maximum absolute atomic E-state index is 12.5. The molecule has 29 heavy (non-hydrogen) atoms. The number of rotatable bonds is 6. The summed E-state index contributed by atoms with van der Waals surface area (Å²) in [7, 11) is 2.56. The first kappa shape index (κ1) is 21.0. The highest BCUT2D eigenvalue weighted by Gasteiger charge is 2.45. The molecule has 1 fully saturated rings. The summed E-state index contributed by atoms with van der Waals surface area (Å²) in [5, 5.41) is 0. The molecule has 3 rings (SSSR count). The van der Waals surface area contributed by atoms with Crippen LogP contribution in [0.2, 0.25) is 0 Å². The van der Waals surface area contributed by atoms with Crippen molar-refractivity contribution in [3.63, 3.8) is 0 Å². The number of aliphatic imine (C=N–C) groups is 1. The second-order valence-corrected chi connectivity index (χ2v) is 7.17. The molecule has 158 valence electrons. The molecular formula is C20H22F3NO5. The summed E-state index contributed by atoms with van der Waals surface area (Å²) in [5.41, 5.74) is 0.169. The molecule has 1 heterocycles. The van der Waals surface area contributed by atoms with E-state index in [1.165, 1.54) is 26.5 Å². The second-order valence-electron chi connectivity index (χ2n) is 7.17. The van der Waals surface area contributed by atoms with Crippen LogP contribution in [0.4, 0.5) is 13.2 Å². The van der Waals surface area contributed by atoms with Gasteiger partial charge in [-0.15, -0.1) is 13.2 Å². The van der Waals surface area contributed by atoms with Crippen LogP contribution in [-0.2, 0) is 9.53 Å². The molecule has 0 amide bonds. The minimum Gasteiger partial charge on any atom is -0.493 e. The Morgan fingerprint density at radius 3 is 2.41 bits per heavy atom. The fourth-order valence-electron chi connectivity index (χ4n) is 3.52. The molecule has 6 nitrogen and oxygen atoms in total. The van der Waals surface area contributed by atoms with Gasteiger partial charge >= 0.3 is 12.3 Å². The number of methoxy groups -OCH3 is 2. The van der Waals surface area contributed by atoms with Crippen LogP contribution in [0.15, 0.2) is 34.5 Å². The molecule has 0 saturated heterocycles. The monoisotopic (exact) mass is 413 g/mol. The first-order valence-electron chi connectivity index (χ1n) is 9.12. The zero-order valence-electron chi connectivity index (χ0n) is 16.4. The fraction of sp³-hybridized carbons (Fsp3) is 0.500. The predicted molar refractivity (Wildman–Crippen MR) is 98.1 cm³/mol. The average Bonchev–Trinajstić information content (AvgIpc) is 3.38. The summed E-state index contributed by atoms with van der Waals surface area (Å²) in [4.78, 5) is 16.7. The van der Waals surface area contributed by atoms with Gasteiger partial charge in [-0.25, -0.2) is 4.79 Å². The van der Waals surface area contributed by atoms with Crippen LogP contribution in [0.3, 0.4) is 0 Å². The van der Waals surface area contributed by atoms with E-state index in [0.717, 1.165) is 18.6 Å². The zero-order valence-corrected chi connectivity index (χ0v) is 16.4. The molecule has 1 aliphatic heterocycles. The van der Waals surface area contributed by atoms with Gasteiger partial charge in [0.05, 0.1) is 20.3 Å². The van der Waals surface area contributed by atoms with Crippen molar-refractivity contribution in [3.05, 3.63) is 29.5 Å². The molecule has 2 unspecified atom stereocenters.